The molecule has 1 aromatic heterocycles. The molecule has 10 heteroatoms. The van der Waals surface area contributed by atoms with Crippen LogP contribution in [-0.2, 0) is 11.3 Å². The van der Waals surface area contributed by atoms with Gasteiger partial charge in [0.1, 0.15) is 5.75 Å². The monoisotopic (exact) mass is 498 g/mol. The average molecular weight is 499 g/mol. The number of hydrogen-bond donors (Lipinski definition) is 1. The van der Waals surface area contributed by atoms with Crippen molar-refractivity contribution in [1.82, 2.24) is 9.80 Å². The van der Waals surface area contributed by atoms with Gasteiger partial charge in [-0.15, -0.1) is 11.3 Å². The Morgan fingerprint density at radius 1 is 1.03 bits per heavy atom. The largest absolute Gasteiger partial charge is 0.497 e. The van der Waals surface area contributed by atoms with Crippen molar-refractivity contribution in [1.29, 1.82) is 0 Å². The molecule has 0 saturated carbocycles. The van der Waals surface area contributed by atoms with Gasteiger partial charge in [0.15, 0.2) is 0 Å². The van der Waals surface area contributed by atoms with Crippen molar-refractivity contribution in [3.8, 4) is 5.75 Å². The van der Waals surface area contributed by atoms with Crippen molar-refractivity contribution >= 4 is 23.2 Å². The van der Waals surface area contributed by atoms with E-state index in [1.807, 2.05) is 29.6 Å². The van der Waals surface area contributed by atoms with E-state index >= 15 is 0 Å². The van der Waals surface area contributed by atoms with Crippen LogP contribution in [-0.4, -0.2) is 66.2 Å². The number of alkyl halides is 3. The number of likely N-dealkylation sites (tertiary alicyclic amines) is 2. The maximum absolute atomic E-state index is 12.6. The maximum atomic E-state index is 12.6. The molecule has 0 radical (unpaired) electrons. The third kappa shape index (κ3) is 6.96. The van der Waals surface area contributed by atoms with Gasteiger partial charge in [-0.3, -0.25) is 9.69 Å². The Hall–Kier alpha value is -2.59. The summed E-state index contributed by atoms with van der Waals surface area (Å²) in [4.78, 5) is 26.9. The quantitative estimate of drug-likeness (QED) is 0.649. The number of piperidine rings is 2. The molecule has 3 heterocycles. The summed E-state index contributed by atoms with van der Waals surface area (Å²) in [5.41, 5.74) is 1.80. The maximum Gasteiger partial charge on any atom is 0.490 e. The molecule has 2 aromatic rings. The number of amides is 1. The first kappa shape index (κ1) is 26.0. The number of aliphatic carboxylic acids is 1. The van der Waals surface area contributed by atoms with Crippen LogP contribution in [0.4, 0.5) is 13.2 Å². The summed E-state index contributed by atoms with van der Waals surface area (Å²) in [6, 6.07) is 12.3. The Bertz CT molecular complexity index is 930. The lowest BCUT2D eigenvalue weighted by atomic mass is 9.71. The van der Waals surface area contributed by atoms with Crippen molar-refractivity contribution in [3.05, 3.63) is 52.2 Å². The molecule has 1 N–H and O–H groups in total. The Balaban J connectivity index is 0.000000406. The smallest absolute Gasteiger partial charge is 0.490 e. The lowest BCUT2D eigenvalue weighted by molar-refractivity contribution is -0.192. The Kier molecular flexibility index (Phi) is 8.59. The number of carbonyl (C=O) groups excluding carboxylic acids is 1. The second kappa shape index (κ2) is 11.2. The molecule has 2 saturated heterocycles. The van der Waals surface area contributed by atoms with Crippen molar-refractivity contribution in [2.45, 2.75) is 38.4 Å². The number of benzene rings is 1. The molecule has 0 bridgehead atoms. The summed E-state index contributed by atoms with van der Waals surface area (Å²) in [5, 5.41) is 9.11. The van der Waals surface area contributed by atoms with Gasteiger partial charge in [0.25, 0.3) is 5.91 Å². The highest BCUT2D eigenvalue weighted by atomic mass is 32.1. The molecule has 0 atom stereocenters. The predicted octanol–water partition coefficient (Wildman–Crippen LogP) is 4.91. The predicted molar refractivity (Wildman–Crippen MR) is 123 cm³/mol. The van der Waals surface area contributed by atoms with E-state index in [9.17, 15) is 18.0 Å². The summed E-state index contributed by atoms with van der Waals surface area (Å²) in [6.45, 7) is 5.16. The van der Waals surface area contributed by atoms with Gasteiger partial charge >= 0.3 is 12.1 Å². The third-order valence-corrected chi connectivity index (χ3v) is 7.43. The summed E-state index contributed by atoms with van der Waals surface area (Å²) in [6.07, 6.45) is -0.268. The average Bonchev–Trinajstić information content (AvgIpc) is 3.36. The first-order chi connectivity index (χ1) is 16.1. The first-order valence-electron chi connectivity index (χ1n) is 11.1. The number of methoxy groups -OCH3 is 1. The van der Waals surface area contributed by atoms with Crippen molar-refractivity contribution in [2.75, 3.05) is 33.3 Å². The van der Waals surface area contributed by atoms with E-state index in [1.54, 1.807) is 18.4 Å². The van der Waals surface area contributed by atoms with Crippen LogP contribution < -0.4 is 4.74 Å². The van der Waals surface area contributed by atoms with Crippen LogP contribution in [0, 0.1) is 5.41 Å². The number of halogens is 3. The molecule has 4 rings (SSSR count). The molecule has 186 valence electrons. The van der Waals surface area contributed by atoms with Crippen molar-refractivity contribution in [2.24, 2.45) is 5.41 Å². The molecule has 2 fully saturated rings. The molecule has 1 amide bonds. The lowest BCUT2D eigenvalue weighted by Gasteiger charge is -2.47. The lowest BCUT2D eigenvalue weighted by Crippen LogP contribution is -2.48. The molecule has 0 aliphatic carbocycles. The molecule has 6 nitrogen and oxygen atoms in total. The fourth-order valence-corrected chi connectivity index (χ4v) is 5.11. The van der Waals surface area contributed by atoms with E-state index in [4.69, 9.17) is 14.6 Å². The molecule has 34 heavy (non-hydrogen) atoms. The minimum Gasteiger partial charge on any atom is -0.497 e. The number of rotatable bonds is 4. The molecule has 2 aliphatic rings. The number of carboxylic acids is 1. The number of carbonyl (C=O) groups is 2. The minimum atomic E-state index is -5.08. The SMILES string of the molecule is COc1ccc(CN2CCC3(CC2)CCN(C(=O)c2cccs2)CC3)cc1.O=C(O)C(F)(F)F. The topological polar surface area (TPSA) is 70.1 Å². The summed E-state index contributed by atoms with van der Waals surface area (Å²) in [5.74, 6) is -1.62. The van der Waals surface area contributed by atoms with Crippen LogP contribution in [0.15, 0.2) is 41.8 Å². The molecule has 1 spiro atoms. The van der Waals surface area contributed by atoms with Gasteiger partial charge in [0, 0.05) is 19.6 Å². The van der Waals surface area contributed by atoms with Gasteiger partial charge in [-0.05, 0) is 73.3 Å². The van der Waals surface area contributed by atoms with E-state index in [1.165, 1.54) is 18.4 Å². The van der Waals surface area contributed by atoms with Gasteiger partial charge in [-0.1, -0.05) is 18.2 Å². The molecule has 2 aliphatic heterocycles. The summed E-state index contributed by atoms with van der Waals surface area (Å²) < 4.78 is 37.0. The summed E-state index contributed by atoms with van der Waals surface area (Å²) in [7, 11) is 1.71. The Morgan fingerprint density at radius 3 is 2.06 bits per heavy atom. The Labute approximate surface area is 200 Å². The van der Waals surface area contributed by atoms with Gasteiger partial charge in [-0.2, -0.15) is 13.2 Å². The minimum absolute atomic E-state index is 0.219. The van der Waals surface area contributed by atoms with Crippen LogP contribution in [0.1, 0.15) is 40.9 Å². The zero-order chi connectivity index (χ0) is 24.8. The van der Waals surface area contributed by atoms with Crippen LogP contribution in [0.25, 0.3) is 0 Å². The fraction of sp³-hybridized carbons (Fsp3) is 0.500. The first-order valence-corrected chi connectivity index (χ1v) is 12.0. The highest BCUT2D eigenvalue weighted by molar-refractivity contribution is 7.12. The van der Waals surface area contributed by atoms with Crippen LogP contribution >= 0.6 is 11.3 Å². The van der Waals surface area contributed by atoms with Gasteiger partial charge in [0.05, 0.1) is 12.0 Å². The molecule has 1 aromatic carbocycles. The van der Waals surface area contributed by atoms with Crippen molar-refractivity contribution in [3.63, 3.8) is 0 Å². The fourth-order valence-electron chi connectivity index (χ4n) is 4.41. The van der Waals surface area contributed by atoms with Crippen molar-refractivity contribution < 1.29 is 32.6 Å². The molecule has 0 unspecified atom stereocenters. The molecular formula is C24H29F3N2O4S. The highest BCUT2D eigenvalue weighted by Crippen LogP contribution is 2.41. The number of thiophene rings is 1. The van der Waals surface area contributed by atoms with Gasteiger partial charge in [-0.25, -0.2) is 4.79 Å². The van der Waals surface area contributed by atoms with Crippen LogP contribution in [0.2, 0.25) is 0 Å². The van der Waals surface area contributed by atoms with Crippen LogP contribution in [0.5, 0.6) is 5.75 Å². The zero-order valence-electron chi connectivity index (χ0n) is 19.0. The second-order valence-electron chi connectivity index (χ2n) is 8.70. The van der Waals surface area contributed by atoms with E-state index in [0.717, 1.165) is 56.2 Å². The Morgan fingerprint density at radius 2 is 1.59 bits per heavy atom. The standard InChI is InChI=1S/C22H28N2O2S.C2HF3O2/c1-26-19-6-4-18(5-7-19)17-23-12-8-22(9-13-23)10-14-24(15-11-22)21(25)20-3-2-16-27-20;3-2(4,5)1(6)7/h2-7,16H,8-15,17H2,1H3;(H,6,7). The number of hydrogen-bond acceptors (Lipinski definition) is 5. The summed E-state index contributed by atoms with van der Waals surface area (Å²) >= 11 is 1.55. The number of ether oxygens (including phenoxy) is 1. The zero-order valence-corrected chi connectivity index (χ0v) is 19.8. The highest BCUT2D eigenvalue weighted by Gasteiger charge is 2.39. The second-order valence-corrected chi connectivity index (χ2v) is 9.64. The van der Waals surface area contributed by atoms with Gasteiger partial charge in [0.2, 0.25) is 0 Å². The third-order valence-electron chi connectivity index (χ3n) is 6.57. The van der Waals surface area contributed by atoms with E-state index in [2.05, 4.69) is 21.9 Å². The molecular weight excluding hydrogens is 469 g/mol. The van der Waals surface area contributed by atoms with E-state index < -0.39 is 12.1 Å². The van der Waals surface area contributed by atoms with Gasteiger partial charge < -0.3 is 14.7 Å². The number of carboxylic acid groups (broad SMARTS) is 1. The van der Waals surface area contributed by atoms with E-state index in [0.29, 0.717) is 5.41 Å². The van der Waals surface area contributed by atoms with Crippen LogP contribution in [0.3, 0.4) is 0 Å². The van der Waals surface area contributed by atoms with E-state index in [-0.39, 0.29) is 5.91 Å². The number of nitrogens with zero attached hydrogens (tertiary/aromatic N) is 2. The normalized spacial score (nSPS) is 18.2.